The lowest BCUT2D eigenvalue weighted by atomic mass is 10.1. The van der Waals surface area contributed by atoms with E-state index in [1.165, 1.54) is 18.2 Å². The third kappa shape index (κ3) is 6.57. The molecule has 0 spiro atoms. The molecule has 0 bridgehead atoms. The van der Waals surface area contributed by atoms with Gasteiger partial charge in [0.05, 0.1) is 5.75 Å². The zero-order valence-electron chi connectivity index (χ0n) is 13.9. The number of amides is 1. The highest BCUT2D eigenvalue weighted by Gasteiger charge is 2.20. The molecule has 1 atom stereocenters. The van der Waals surface area contributed by atoms with E-state index < -0.39 is 27.9 Å². The molecule has 0 aliphatic carbocycles. The van der Waals surface area contributed by atoms with Crippen LogP contribution in [0.4, 0.5) is 5.69 Å². The molecule has 1 aromatic carbocycles. The summed E-state index contributed by atoms with van der Waals surface area (Å²) in [5.41, 5.74) is 0.478. The van der Waals surface area contributed by atoms with Crippen molar-refractivity contribution in [1.29, 1.82) is 0 Å². The lowest BCUT2D eigenvalue weighted by Gasteiger charge is -2.14. The minimum Gasteiger partial charge on any atom is -0.480 e. The predicted octanol–water partition coefficient (Wildman–Crippen LogP) is 2.21. The number of carboxylic acid groups (broad SMARTS) is 1. The Bertz CT molecular complexity index is 673. The molecule has 8 heteroatoms. The van der Waals surface area contributed by atoms with Gasteiger partial charge >= 0.3 is 5.97 Å². The Kier molecular flexibility index (Phi) is 7.70. The molecule has 7 nitrogen and oxygen atoms in total. The van der Waals surface area contributed by atoms with E-state index >= 15 is 0 Å². The summed E-state index contributed by atoms with van der Waals surface area (Å²) in [5.74, 6) is -1.65. The normalized spacial score (nSPS) is 12.4. The second-order valence-electron chi connectivity index (χ2n) is 5.51. The van der Waals surface area contributed by atoms with Crippen molar-refractivity contribution in [2.24, 2.45) is 0 Å². The molecule has 0 saturated carbocycles. The van der Waals surface area contributed by atoms with Crippen LogP contribution < -0.4 is 10.0 Å². The van der Waals surface area contributed by atoms with Gasteiger partial charge in [0, 0.05) is 11.3 Å². The van der Waals surface area contributed by atoms with Gasteiger partial charge in [0.2, 0.25) is 10.0 Å². The first-order valence-electron chi connectivity index (χ1n) is 7.93. The van der Waals surface area contributed by atoms with Crippen LogP contribution in [-0.4, -0.2) is 37.2 Å². The Morgan fingerprint density at radius 2 is 1.92 bits per heavy atom. The maximum atomic E-state index is 12.2. The zero-order chi connectivity index (χ0) is 18.2. The highest BCUT2D eigenvalue weighted by Crippen LogP contribution is 2.13. The van der Waals surface area contributed by atoms with E-state index in [4.69, 9.17) is 5.11 Å². The largest absolute Gasteiger partial charge is 0.480 e. The van der Waals surface area contributed by atoms with Crippen molar-refractivity contribution >= 4 is 27.6 Å². The van der Waals surface area contributed by atoms with Crippen LogP contribution >= 0.6 is 0 Å². The molecule has 0 aliphatic rings. The molecule has 0 fully saturated rings. The minimum atomic E-state index is -3.45. The number of hydrogen-bond acceptors (Lipinski definition) is 4. The number of hydrogen-bond donors (Lipinski definition) is 3. The first-order valence-corrected chi connectivity index (χ1v) is 9.58. The number of anilines is 1. The van der Waals surface area contributed by atoms with Gasteiger partial charge in [-0.15, -0.1) is 0 Å². The van der Waals surface area contributed by atoms with Gasteiger partial charge in [-0.25, -0.2) is 13.2 Å². The van der Waals surface area contributed by atoms with E-state index in [9.17, 15) is 18.0 Å². The van der Waals surface area contributed by atoms with Crippen LogP contribution in [0.3, 0.4) is 0 Å². The first kappa shape index (κ1) is 20.0. The highest BCUT2D eigenvalue weighted by molar-refractivity contribution is 7.92. The van der Waals surface area contributed by atoms with Crippen molar-refractivity contribution in [3.63, 3.8) is 0 Å². The first-order chi connectivity index (χ1) is 11.3. The standard InChI is InChI=1S/C16H24N2O5S/c1-3-5-9-14(16(20)21)17-15(19)12-7-6-8-13(11-12)18-24(22,23)10-4-2/h6-8,11,14,18H,3-5,9-10H2,1-2H3,(H,17,19)(H,20,21)/t14-/m0/s1. The van der Waals surface area contributed by atoms with Crippen molar-refractivity contribution in [3.8, 4) is 0 Å². The van der Waals surface area contributed by atoms with E-state index in [1.54, 1.807) is 13.0 Å². The van der Waals surface area contributed by atoms with E-state index in [1.807, 2.05) is 6.92 Å². The van der Waals surface area contributed by atoms with Gasteiger partial charge in [0.25, 0.3) is 5.91 Å². The Morgan fingerprint density at radius 3 is 2.50 bits per heavy atom. The minimum absolute atomic E-state index is 0.0124. The lowest BCUT2D eigenvalue weighted by molar-refractivity contribution is -0.139. The van der Waals surface area contributed by atoms with Gasteiger partial charge in [-0.1, -0.05) is 32.8 Å². The maximum absolute atomic E-state index is 12.2. The monoisotopic (exact) mass is 356 g/mol. The summed E-state index contributed by atoms with van der Waals surface area (Å²) in [6, 6.07) is 5.02. The Labute approximate surface area is 142 Å². The molecule has 3 N–H and O–H groups in total. The molecule has 0 radical (unpaired) electrons. The van der Waals surface area contributed by atoms with E-state index in [0.29, 0.717) is 19.3 Å². The molecule has 1 rings (SSSR count). The second kappa shape index (κ2) is 9.27. The van der Waals surface area contributed by atoms with Crippen molar-refractivity contribution in [2.45, 2.75) is 45.6 Å². The van der Waals surface area contributed by atoms with Crippen molar-refractivity contribution < 1.29 is 23.1 Å². The van der Waals surface area contributed by atoms with Gasteiger partial charge < -0.3 is 10.4 Å². The molecule has 0 aromatic heterocycles. The summed E-state index contributed by atoms with van der Waals surface area (Å²) < 4.78 is 26.0. The number of rotatable bonds is 10. The fourth-order valence-corrected chi connectivity index (χ4v) is 3.26. The average Bonchev–Trinajstić information content (AvgIpc) is 2.50. The molecule has 1 amide bonds. The van der Waals surface area contributed by atoms with Gasteiger partial charge in [0.1, 0.15) is 6.04 Å². The van der Waals surface area contributed by atoms with Crippen molar-refractivity contribution in [1.82, 2.24) is 5.32 Å². The molecular weight excluding hydrogens is 332 g/mol. The van der Waals surface area contributed by atoms with E-state index in [-0.39, 0.29) is 17.0 Å². The predicted molar refractivity (Wildman–Crippen MR) is 92.6 cm³/mol. The van der Waals surface area contributed by atoms with Gasteiger partial charge in [-0.05, 0) is 31.0 Å². The molecule has 0 heterocycles. The molecular formula is C16H24N2O5S. The third-order valence-electron chi connectivity index (χ3n) is 3.32. The third-order valence-corrected chi connectivity index (χ3v) is 4.81. The zero-order valence-corrected chi connectivity index (χ0v) is 14.7. The topological polar surface area (TPSA) is 113 Å². The summed E-state index contributed by atoms with van der Waals surface area (Å²) in [6.45, 7) is 3.69. The van der Waals surface area contributed by atoms with Crippen LogP contribution in [0.1, 0.15) is 49.9 Å². The van der Waals surface area contributed by atoms with Gasteiger partial charge in [-0.2, -0.15) is 0 Å². The SMILES string of the molecule is CCCC[C@H](NC(=O)c1cccc(NS(=O)(=O)CCC)c1)C(=O)O. The smallest absolute Gasteiger partial charge is 0.326 e. The molecule has 1 aromatic rings. The number of nitrogens with one attached hydrogen (secondary N) is 2. The van der Waals surface area contributed by atoms with Crippen LogP contribution in [0.15, 0.2) is 24.3 Å². The van der Waals surface area contributed by atoms with Gasteiger partial charge in [-0.3, -0.25) is 9.52 Å². The number of benzene rings is 1. The summed E-state index contributed by atoms with van der Waals surface area (Å²) in [7, 11) is -3.45. The van der Waals surface area contributed by atoms with E-state index in [0.717, 1.165) is 6.42 Å². The second-order valence-corrected chi connectivity index (χ2v) is 7.35. The summed E-state index contributed by atoms with van der Waals surface area (Å²) in [6.07, 6.45) is 2.34. The molecule has 0 unspecified atom stereocenters. The number of carbonyl (C=O) groups excluding carboxylic acids is 1. The number of carboxylic acids is 1. The Morgan fingerprint density at radius 1 is 1.21 bits per heavy atom. The Hall–Kier alpha value is -2.09. The maximum Gasteiger partial charge on any atom is 0.326 e. The number of carbonyl (C=O) groups is 2. The molecule has 0 aliphatic heterocycles. The fourth-order valence-electron chi connectivity index (χ4n) is 2.13. The quantitative estimate of drug-likeness (QED) is 0.595. The summed E-state index contributed by atoms with van der Waals surface area (Å²) in [5, 5.41) is 11.6. The van der Waals surface area contributed by atoms with Crippen LogP contribution in [0, 0.1) is 0 Å². The Balaban J connectivity index is 2.84. The van der Waals surface area contributed by atoms with Crippen LogP contribution in [0.5, 0.6) is 0 Å². The fraction of sp³-hybridized carbons (Fsp3) is 0.500. The number of sulfonamides is 1. The van der Waals surface area contributed by atoms with E-state index in [2.05, 4.69) is 10.0 Å². The van der Waals surface area contributed by atoms with Crippen LogP contribution in [0.2, 0.25) is 0 Å². The number of aliphatic carboxylic acids is 1. The molecule has 24 heavy (non-hydrogen) atoms. The molecule has 134 valence electrons. The van der Waals surface area contributed by atoms with Crippen LogP contribution in [0.25, 0.3) is 0 Å². The summed E-state index contributed by atoms with van der Waals surface area (Å²) in [4.78, 5) is 23.4. The highest BCUT2D eigenvalue weighted by atomic mass is 32.2. The van der Waals surface area contributed by atoms with Crippen molar-refractivity contribution in [2.75, 3.05) is 10.5 Å². The number of unbranched alkanes of at least 4 members (excludes halogenated alkanes) is 1. The average molecular weight is 356 g/mol. The molecule has 0 saturated heterocycles. The van der Waals surface area contributed by atoms with Gasteiger partial charge in [0.15, 0.2) is 0 Å². The lowest BCUT2D eigenvalue weighted by Crippen LogP contribution is -2.40. The van der Waals surface area contributed by atoms with Crippen LogP contribution in [-0.2, 0) is 14.8 Å². The van der Waals surface area contributed by atoms with Crippen molar-refractivity contribution in [3.05, 3.63) is 29.8 Å². The summed E-state index contributed by atoms with van der Waals surface area (Å²) >= 11 is 0.